The third-order valence-corrected chi connectivity index (χ3v) is 3.36. The number of piperidine rings is 1. The number of aromatic hydroxyl groups is 1. The number of hydrogen-bond donors (Lipinski definition) is 2. The largest absolute Gasteiger partial charge is 0.506 e. The molecule has 1 fully saturated rings. The van der Waals surface area contributed by atoms with Gasteiger partial charge in [0.15, 0.2) is 0 Å². The van der Waals surface area contributed by atoms with Crippen LogP contribution in [0.1, 0.15) is 18.4 Å². The van der Waals surface area contributed by atoms with Crippen LogP contribution in [0.3, 0.4) is 0 Å². The third kappa shape index (κ3) is 2.66. The molecule has 1 aliphatic rings. The summed E-state index contributed by atoms with van der Waals surface area (Å²) in [5.41, 5.74) is 0.622. The molecule has 0 amide bonds. The molecule has 2 N–H and O–H groups in total. The molecule has 0 radical (unpaired) electrons. The van der Waals surface area contributed by atoms with Crippen molar-refractivity contribution in [3.05, 3.63) is 28.5 Å². The Balaban J connectivity index is 2.13. The number of rotatable bonds is 2. The maximum absolute atomic E-state index is 13.2. The van der Waals surface area contributed by atoms with E-state index in [0.29, 0.717) is 17.9 Å². The van der Waals surface area contributed by atoms with E-state index in [-0.39, 0.29) is 16.6 Å². The number of phenols is 1. The van der Waals surface area contributed by atoms with Gasteiger partial charge in [-0.05, 0) is 56.0 Å². The fourth-order valence-electron chi connectivity index (χ4n) is 2.17. The topological polar surface area (TPSA) is 32.3 Å². The van der Waals surface area contributed by atoms with E-state index in [2.05, 4.69) is 5.32 Å². The fraction of sp³-hybridized carbons (Fsp3) is 0.500. The van der Waals surface area contributed by atoms with Crippen molar-refractivity contribution in [2.75, 3.05) is 13.1 Å². The quantitative estimate of drug-likeness (QED) is 0.837. The van der Waals surface area contributed by atoms with E-state index < -0.39 is 0 Å². The Labute approximate surface area is 99.4 Å². The lowest BCUT2D eigenvalue weighted by Gasteiger charge is -2.23. The molecule has 88 valence electrons. The molecule has 2 nitrogen and oxygen atoms in total. The molecule has 0 spiro atoms. The zero-order valence-electron chi connectivity index (χ0n) is 8.97. The van der Waals surface area contributed by atoms with Gasteiger partial charge in [0, 0.05) is 0 Å². The van der Waals surface area contributed by atoms with Gasteiger partial charge in [0.25, 0.3) is 0 Å². The molecule has 1 saturated heterocycles. The molecule has 0 aliphatic carbocycles. The summed E-state index contributed by atoms with van der Waals surface area (Å²) in [4.78, 5) is 0. The summed E-state index contributed by atoms with van der Waals surface area (Å²) in [6.45, 7) is 1.99. The highest BCUT2D eigenvalue weighted by molar-refractivity contribution is 6.32. The smallest absolute Gasteiger partial charge is 0.137 e. The molecule has 0 aromatic heterocycles. The summed E-state index contributed by atoms with van der Waals surface area (Å²) in [5, 5.41) is 13.1. The summed E-state index contributed by atoms with van der Waals surface area (Å²) in [6, 6.07) is 2.52. The minimum absolute atomic E-state index is 0.0293. The Morgan fingerprint density at radius 3 is 2.75 bits per heavy atom. The summed E-state index contributed by atoms with van der Waals surface area (Å²) < 4.78 is 13.2. The van der Waals surface area contributed by atoms with Crippen LogP contribution >= 0.6 is 11.6 Å². The van der Waals surface area contributed by atoms with Crippen molar-refractivity contribution in [2.45, 2.75) is 19.3 Å². The predicted octanol–water partition coefficient (Wildman–Crippen LogP) is 2.73. The Kier molecular flexibility index (Phi) is 3.66. The Morgan fingerprint density at radius 1 is 1.38 bits per heavy atom. The van der Waals surface area contributed by atoms with Crippen LogP contribution in [0.5, 0.6) is 5.75 Å². The standard InChI is InChI=1S/C12H15ClFNO/c13-11-7-10(14)6-9(12(11)16)5-8-1-3-15-4-2-8/h6-8,15-16H,1-5H2. The van der Waals surface area contributed by atoms with Crippen LogP contribution < -0.4 is 5.32 Å². The van der Waals surface area contributed by atoms with Crippen molar-refractivity contribution in [3.8, 4) is 5.75 Å². The highest BCUT2D eigenvalue weighted by Crippen LogP contribution is 2.31. The number of phenolic OH excluding ortho intramolecular Hbond substituents is 1. The molecule has 4 heteroatoms. The monoisotopic (exact) mass is 243 g/mol. The summed E-state index contributed by atoms with van der Waals surface area (Å²) in [6.07, 6.45) is 2.83. The van der Waals surface area contributed by atoms with Gasteiger partial charge in [-0.2, -0.15) is 0 Å². The molecule has 1 heterocycles. The van der Waals surface area contributed by atoms with Gasteiger partial charge in [-0.1, -0.05) is 11.6 Å². The number of hydrogen-bond acceptors (Lipinski definition) is 2. The van der Waals surface area contributed by atoms with Gasteiger partial charge < -0.3 is 10.4 Å². The summed E-state index contributed by atoms with van der Waals surface area (Å²) in [7, 11) is 0. The first-order valence-corrected chi connectivity index (χ1v) is 5.92. The lowest BCUT2D eigenvalue weighted by atomic mass is 9.90. The summed E-state index contributed by atoms with van der Waals surface area (Å²) in [5.74, 6) is 0.151. The zero-order chi connectivity index (χ0) is 11.5. The molecular formula is C12H15ClFNO. The molecule has 2 rings (SSSR count). The third-order valence-electron chi connectivity index (χ3n) is 3.07. The van der Waals surface area contributed by atoms with Gasteiger partial charge in [-0.25, -0.2) is 4.39 Å². The molecular weight excluding hydrogens is 229 g/mol. The highest BCUT2D eigenvalue weighted by atomic mass is 35.5. The van der Waals surface area contributed by atoms with Crippen LogP contribution in [0, 0.1) is 11.7 Å². The first-order valence-electron chi connectivity index (χ1n) is 5.54. The van der Waals surface area contributed by atoms with Crippen LogP contribution in [-0.4, -0.2) is 18.2 Å². The Hall–Kier alpha value is -0.800. The molecule has 0 atom stereocenters. The normalized spacial score (nSPS) is 17.6. The zero-order valence-corrected chi connectivity index (χ0v) is 9.73. The highest BCUT2D eigenvalue weighted by Gasteiger charge is 2.17. The van der Waals surface area contributed by atoms with Crippen molar-refractivity contribution in [2.24, 2.45) is 5.92 Å². The molecule has 1 aromatic carbocycles. The van der Waals surface area contributed by atoms with E-state index in [1.807, 2.05) is 0 Å². The molecule has 0 saturated carbocycles. The second kappa shape index (κ2) is 5.02. The van der Waals surface area contributed by atoms with Gasteiger partial charge in [-0.3, -0.25) is 0 Å². The average molecular weight is 244 g/mol. The average Bonchev–Trinajstić information content (AvgIpc) is 2.27. The minimum atomic E-state index is -0.383. The van der Waals surface area contributed by atoms with Crippen molar-refractivity contribution in [3.63, 3.8) is 0 Å². The van der Waals surface area contributed by atoms with Gasteiger partial charge >= 0.3 is 0 Å². The van der Waals surface area contributed by atoms with Crippen LogP contribution in [0.15, 0.2) is 12.1 Å². The lowest BCUT2D eigenvalue weighted by Crippen LogP contribution is -2.28. The molecule has 1 aromatic rings. The van der Waals surface area contributed by atoms with Crippen molar-refractivity contribution in [1.82, 2.24) is 5.32 Å². The van der Waals surface area contributed by atoms with Gasteiger partial charge in [0.1, 0.15) is 11.6 Å². The van der Waals surface area contributed by atoms with Crippen LogP contribution in [0.25, 0.3) is 0 Å². The Morgan fingerprint density at radius 2 is 2.06 bits per heavy atom. The first kappa shape index (κ1) is 11.7. The van der Waals surface area contributed by atoms with Crippen molar-refractivity contribution >= 4 is 11.6 Å². The molecule has 1 aliphatic heterocycles. The molecule has 16 heavy (non-hydrogen) atoms. The molecule has 0 unspecified atom stereocenters. The minimum Gasteiger partial charge on any atom is -0.506 e. The van der Waals surface area contributed by atoms with Crippen LogP contribution in [-0.2, 0) is 6.42 Å². The number of nitrogens with one attached hydrogen (secondary N) is 1. The van der Waals surface area contributed by atoms with Crippen molar-refractivity contribution < 1.29 is 9.50 Å². The van der Waals surface area contributed by atoms with E-state index in [1.54, 1.807) is 0 Å². The fourth-order valence-corrected chi connectivity index (χ4v) is 2.40. The second-order valence-corrected chi connectivity index (χ2v) is 4.70. The number of benzene rings is 1. The Bertz CT molecular complexity index is 378. The van der Waals surface area contributed by atoms with E-state index in [1.165, 1.54) is 6.07 Å². The number of halogens is 2. The maximum Gasteiger partial charge on any atom is 0.137 e. The van der Waals surface area contributed by atoms with Crippen molar-refractivity contribution in [1.29, 1.82) is 0 Å². The van der Waals surface area contributed by atoms with Gasteiger partial charge in [-0.15, -0.1) is 0 Å². The predicted molar refractivity (Wildman–Crippen MR) is 62.4 cm³/mol. The SMILES string of the molecule is Oc1c(Cl)cc(F)cc1CC1CCNCC1. The molecule has 0 bridgehead atoms. The second-order valence-electron chi connectivity index (χ2n) is 4.29. The lowest BCUT2D eigenvalue weighted by molar-refractivity contribution is 0.366. The van der Waals surface area contributed by atoms with Crippen LogP contribution in [0.2, 0.25) is 5.02 Å². The van der Waals surface area contributed by atoms with E-state index in [0.717, 1.165) is 32.0 Å². The van der Waals surface area contributed by atoms with Gasteiger partial charge in [0.2, 0.25) is 0 Å². The van der Waals surface area contributed by atoms with Gasteiger partial charge in [0.05, 0.1) is 5.02 Å². The van der Waals surface area contributed by atoms with E-state index in [4.69, 9.17) is 11.6 Å². The maximum atomic E-state index is 13.2. The summed E-state index contributed by atoms with van der Waals surface area (Å²) >= 11 is 5.73. The first-order chi connectivity index (χ1) is 7.66. The van der Waals surface area contributed by atoms with Crippen LogP contribution in [0.4, 0.5) is 4.39 Å². The van der Waals surface area contributed by atoms with E-state index in [9.17, 15) is 9.50 Å². The van der Waals surface area contributed by atoms with E-state index >= 15 is 0 Å².